The Balaban J connectivity index is 1.95. The van der Waals surface area contributed by atoms with Gasteiger partial charge in [0.05, 0.1) is 5.69 Å². The minimum Gasteiger partial charge on any atom is -0.150 e. The summed E-state index contributed by atoms with van der Waals surface area (Å²) in [6.07, 6.45) is 0. The van der Waals surface area contributed by atoms with E-state index >= 15 is 0 Å². The predicted octanol–water partition coefficient (Wildman–Crippen LogP) is 7.53. The normalized spacial score (nSPS) is 11.1. The zero-order valence-corrected chi connectivity index (χ0v) is 18.4. The number of rotatable bonds is 4. The molecule has 0 fully saturated rings. The second kappa shape index (κ2) is 8.23. The highest BCUT2D eigenvalue weighted by Crippen LogP contribution is 2.36. The molecule has 4 aromatic rings. The number of hydrogen-bond acceptors (Lipinski definition) is 2. The molecule has 0 saturated heterocycles. The van der Waals surface area contributed by atoms with Gasteiger partial charge in [-0.2, -0.15) is 0 Å². The van der Waals surface area contributed by atoms with Crippen LogP contribution in [0.25, 0.3) is 33.6 Å². The maximum atomic E-state index is 4.72. The van der Waals surface area contributed by atoms with E-state index in [0.29, 0.717) is 5.92 Å². The van der Waals surface area contributed by atoms with Crippen LogP contribution in [0.5, 0.6) is 0 Å². The van der Waals surface area contributed by atoms with Gasteiger partial charge in [0.15, 0.2) is 0 Å². The molecule has 0 radical (unpaired) electrons. The molecule has 1 aromatic heterocycles. The Hall–Kier alpha value is -3.26. The average molecular weight is 393 g/mol. The number of nitrogens with zero attached hydrogens (tertiary/aromatic N) is 2. The van der Waals surface area contributed by atoms with E-state index in [2.05, 4.69) is 113 Å². The SMILES string of the molecule is Cc1ccc(-c2cc(-c3cc(C(C)C)ccc3C)c(-c3ccc(C)cc3)nn2)cc1. The minimum atomic E-state index is 0.471. The van der Waals surface area contributed by atoms with Crippen LogP contribution in [0.4, 0.5) is 0 Å². The second-order valence-corrected chi connectivity index (χ2v) is 8.45. The summed E-state index contributed by atoms with van der Waals surface area (Å²) in [5, 5.41) is 9.32. The molecule has 30 heavy (non-hydrogen) atoms. The average Bonchev–Trinajstić information content (AvgIpc) is 2.75. The first-order valence-electron chi connectivity index (χ1n) is 10.5. The summed E-state index contributed by atoms with van der Waals surface area (Å²) < 4.78 is 0. The largest absolute Gasteiger partial charge is 0.150 e. The molecular formula is C28H28N2. The van der Waals surface area contributed by atoms with Crippen molar-refractivity contribution in [2.45, 2.75) is 40.5 Å². The van der Waals surface area contributed by atoms with E-state index < -0.39 is 0 Å². The number of benzene rings is 3. The molecule has 0 aliphatic heterocycles. The van der Waals surface area contributed by atoms with Crippen molar-refractivity contribution in [1.29, 1.82) is 0 Å². The van der Waals surface area contributed by atoms with Crippen molar-refractivity contribution >= 4 is 0 Å². The standard InChI is InChI=1S/C28H28N2/c1-18(2)24-15-10-21(5)25(16-24)26-17-27(22-11-6-19(3)7-12-22)29-30-28(26)23-13-8-20(4)9-14-23/h6-18H,1-5H3. The molecule has 150 valence electrons. The summed E-state index contributed by atoms with van der Waals surface area (Å²) in [6.45, 7) is 10.8. The highest BCUT2D eigenvalue weighted by molar-refractivity contribution is 5.84. The summed E-state index contributed by atoms with van der Waals surface area (Å²) in [6, 6.07) is 26.0. The third-order valence-electron chi connectivity index (χ3n) is 5.68. The Morgan fingerprint density at radius 3 is 1.80 bits per heavy atom. The van der Waals surface area contributed by atoms with Gasteiger partial charge in [-0.05, 0) is 49.4 Å². The van der Waals surface area contributed by atoms with Crippen molar-refractivity contribution < 1.29 is 0 Å². The molecule has 2 heteroatoms. The van der Waals surface area contributed by atoms with Crippen molar-refractivity contribution in [2.24, 2.45) is 0 Å². The maximum Gasteiger partial charge on any atom is 0.101 e. The van der Waals surface area contributed by atoms with Crippen LogP contribution in [0.1, 0.15) is 42.0 Å². The summed E-state index contributed by atoms with van der Waals surface area (Å²) in [5.74, 6) is 0.471. The Morgan fingerprint density at radius 2 is 1.20 bits per heavy atom. The lowest BCUT2D eigenvalue weighted by atomic mass is 9.91. The van der Waals surface area contributed by atoms with Crippen LogP contribution in [0.2, 0.25) is 0 Å². The highest BCUT2D eigenvalue weighted by Gasteiger charge is 2.15. The van der Waals surface area contributed by atoms with E-state index in [0.717, 1.165) is 28.1 Å². The van der Waals surface area contributed by atoms with Gasteiger partial charge in [0.2, 0.25) is 0 Å². The second-order valence-electron chi connectivity index (χ2n) is 8.45. The van der Waals surface area contributed by atoms with Crippen molar-refractivity contribution in [3.8, 4) is 33.6 Å². The monoisotopic (exact) mass is 392 g/mol. The van der Waals surface area contributed by atoms with E-state index in [1.807, 2.05) is 0 Å². The topological polar surface area (TPSA) is 25.8 Å². The lowest BCUT2D eigenvalue weighted by molar-refractivity contribution is 0.866. The third-order valence-corrected chi connectivity index (χ3v) is 5.68. The van der Waals surface area contributed by atoms with Crippen molar-refractivity contribution in [3.63, 3.8) is 0 Å². The summed E-state index contributed by atoms with van der Waals surface area (Å²) in [7, 11) is 0. The molecule has 0 spiro atoms. The van der Waals surface area contributed by atoms with Gasteiger partial charge in [-0.15, -0.1) is 10.2 Å². The first-order chi connectivity index (χ1) is 14.4. The van der Waals surface area contributed by atoms with Crippen LogP contribution in [0.3, 0.4) is 0 Å². The predicted molar refractivity (Wildman–Crippen MR) is 127 cm³/mol. The Bertz CT molecular complexity index is 1170. The van der Waals surface area contributed by atoms with Crippen molar-refractivity contribution in [2.75, 3.05) is 0 Å². The zero-order valence-electron chi connectivity index (χ0n) is 18.4. The summed E-state index contributed by atoms with van der Waals surface area (Å²) >= 11 is 0. The molecule has 0 bridgehead atoms. The van der Waals surface area contributed by atoms with E-state index in [1.165, 1.54) is 27.8 Å². The molecule has 0 aliphatic rings. The molecule has 0 unspecified atom stereocenters. The molecule has 4 rings (SSSR count). The van der Waals surface area contributed by atoms with Crippen LogP contribution in [0.15, 0.2) is 72.8 Å². The van der Waals surface area contributed by atoms with Gasteiger partial charge >= 0.3 is 0 Å². The van der Waals surface area contributed by atoms with Crippen LogP contribution in [0, 0.1) is 20.8 Å². The lowest BCUT2D eigenvalue weighted by Gasteiger charge is -2.15. The number of hydrogen-bond donors (Lipinski definition) is 0. The van der Waals surface area contributed by atoms with Crippen LogP contribution < -0.4 is 0 Å². The Kier molecular flexibility index (Phi) is 5.50. The molecule has 0 saturated carbocycles. The molecule has 2 nitrogen and oxygen atoms in total. The first-order valence-corrected chi connectivity index (χ1v) is 10.5. The fraction of sp³-hybridized carbons (Fsp3) is 0.214. The van der Waals surface area contributed by atoms with E-state index in [4.69, 9.17) is 5.10 Å². The highest BCUT2D eigenvalue weighted by atomic mass is 15.1. The van der Waals surface area contributed by atoms with E-state index in [-0.39, 0.29) is 0 Å². The number of aryl methyl sites for hydroxylation is 3. The van der Waals surface area contributed by atoms with Crippen LogP contribution >= 0.6 is 0 Å². The molecule has 0 atom stereocenters. The van der Waals surface area contributed by atoms with Gasteiger partial charge in [-0.1, -0.05) is 91.7 Å². The van der Waals surface area contributed by atoms with Crippen molar-refractivity contribution in [3.05, 3.63) is 95.1 Å². The summed E-state index contributed by atoms with van der Waals surface area (Å²) in [5.41, 5.74) is 11.4. The zero-order chi connectivity index (χ0) is 21.3. The fourth-order valence-electron chi connectivity index (χ4n) is 3.68. The van der Waals surface area contributed by atoms with Gasteiger partial charge in [0.25, 0.3) is 0 Å². The number of aromatic nitrogens is 2. The van der Waals surface area contributed by atoms with Gasteiger partial charge in [-0.25, -0.2) is 0 Å². The lowest BCUT2D eigenvalue weighted by Crippen LogP contribution is -1.98. The summed E-state index contributed by atoms with van der Waals surface area (Å²) in [4.78, 5) is 0. The molecule has 3 aromatic carbocycles. The quantitative estimate of drug-likeness (QED) is 0.359. The van der Waals surface area contributed by atoms with Crippen LogP contribution in [-0.4, -0.2) is 10.2 Å². The third kappa shape index (κ3) is 4.04. The molecule has 0 N–H and O–H groups in total. The molecule has 1 heterocycles. The van der Waals surface area contributed by atoms with Crippen molar-refractivity contribution in [1.82, 2.24) is 10.2 Å². The smallest absolute Gasteiger partial charge is 0.101 e. The van der Waals surface area contributed by atoms with Gasteiger partial charge in [-0.3, -0.25) is 0 Å². The fourth-order valence-corrected chi connectivity index (χ4v) is 3.68. The minimum absolute atomic E-state index is 0.471. The molecular weight excluding hydrogens is 364 g/mol. The van der Waals surface area contributed by atoms with E-state index in [9.17, 15) is 0 Å². The maximum absolute atomic E-state index is 4.72. The Morgan fingerprint density at radius 1 is 0.600 bits per heavy atom. The molecule has 0 amide bonds. The van der Waals surface area contributed by atoms with E-state index in [1.54, 1.807) is 0 Å². The Labute approximate surface area is 179 Å². The van der Waals surface area contributed by atoms with Gasteiger partial charge < -0.3 is 0 Å². The van der Waals surface area contributed by atoms with Gasteiger partial charge in [0.1, 0.15) is 5.69 Å². The van der Waals surface area contributed by atoms with Gasteiger partial charge in [0, 0.05) is 16.7 Å². The van der Waals surface area contributed by atoms with Crippen LogP contribution in [-0.2, 0) is 0 Å². The first kappa shape index (κ1) is 20.0. The molecule has 0 aliphatic carbocycles.